The lowest BCUT2D eigenvalue weighted by molar-refractivity contribution is -0.151. The van der Waals surface area contributed by atoms with Crippen LogP contribution in [0.1, 0.15) is 79.1 Å². The molecule has 134 valence electrons. The fourth-order valence-electron chi connectivity index (χ4n) is 8.18. The molecule has 0 unspecified atom stereocenters. The number of hydrogen-bond acceptors (Lipinski definition) is 2. The van der Waals surface area contributed by atoms with Gasteiger partial charge >= 0.3 is 0 Å². The van der Waals surface area contributed by atoms with Gasteiger partial charge in [0.05, 0.1) is 0 Å². The van der Waals surface area contributed by atoms with E-state index < -0.39 is 0 Å². The number of fused-ring (bicyclic) bond motifs is 5. The average Bonchev–Trinajstić information content (AvgIpc) is 2.87. The van der Waals surface area contributed by atoms with Gasteiger partial charge in [0, 0.05) is 18.8 Å². The molecule has 0 aromatic carbocycles. The zero-order valence-corrected chi connectivity index (χ0v) is 15.9. The number of carbonyl (C=O) groups excluding carboxylic acids is 2. The Morgan fingerprint density at radius 1 is 1.00 bits per heavy atom. The highest BCUT2D eigenvalue weighted by Crippen LogP contribution is 2.68. The summed E-state index contributed by atoms with van der Waals surface area (Å²) in [5.41, 5.74) is 0.617. The maximum absolute atomic E-state index is 12.2. The van der Waals surface area contributed by atoms with Crippen LogP contribution in [0.4, 0.5) is 0 Å². The van der Waals surface area contributed by atoms with E-state index in [2.05, 4.69) is 20.8 Å². The fraction of sp³-hybridized carbons (Fsp3) is 0.909. The minimum absolute atomic E-state index is 0.250. The Morgan fingerprint density at radius 2 is 1.71 bits per heavy atom. The van der Waals surface area contributed by atoms with Crippen molar-refractivity contribution in [1.82, 2.24) is 0 Å². The highest BCUT2D eigenvalue weighted by Gasteiger charge is 2.61. The Labute approximate surface area is 147 Å². The van der Waals surface area contributed by atoms with Gasteiger partial charge in [-0.2, -0.15) is 0 Å². The van der Waals surface area contributed by atoms with Crippen LogP contribution in [0.3, 0.4) is 0 Å². The summed E-state index contributed by atoms with van der Waals surface area (Å²) < 4.78 is 0. The Kier molecular flexibility index (Phi) is 3.79. The van der Waals surface area contributed by atoms with E-state index >= 15 is 0 Å². The molecule has 0 aromatic heterocycles. The Morgan fingerprint density at radius 3 is 2.42 bits per heavy atom. The molecule has 0 aliphatic heterocycles. The highest BCUT2D eigenvalue weighted by atomic mass is 16.1. The molecule has 4 fully saturated rings. The van der Waals surface area contributed by atoms with E-state index in [4.69, 9.17) is 0 Å². The molecule has 0 N–H and O–H groups in total. The molecule has 4 saturated carbocycles. The number of Topliss-reactive ketones (excluding diaryl/α,β-unsaturated/α-hetero) is 2. The first kappa shape index (κ1) is 16.8. The van der Waals surface area contributed by atoms with Crippen LogP contribution in [-0.2, 0) is 9.59 Å². The molecule has 0 radical (unpaired) electrons. The Balaban J connectivity index is 1.67. The van der Waals surface area contributed by atoms with E-state index in [1.54, 1.807) is 0 Å². The van der Waals surface area contributed by atoms with Gasteiger partial charge in [0.25, 0.3) is 0 Å². The molecule has 2 heteroatoms. The summed E-state index contributed by atoms with van der Waals surface area (Å²) in [4.78, 5) is 24.3. The SMILES string of the molecule is CC(=O)[C@H]1CC[C@H]2[C@@H]3C[C@@H](C)[C@@H]4CC(=O)CC[C@]4(C)[C@H]3CC[C@]12C. The van der Waals surface area contributed by atoms with Crippen LogP contribution in [0.25, 0.3) is 0 Å². The van der Waals surface area contributed by atoms with Gasteiger partial charge in [-0.15, -0.1) is 0 Å². The second kappa shape index (κ2) is 5.42. The molecular weight excluding hydrogens is 296 g/mol. The van der Waals surface area contributed by atoms with Gasteiger partial charge in [-0.25, -0.2) is 0 Å². The zero-order valence-electron chi connectivity index (χ0n) is 15.9. The molecule has 4 aliphatic carbocycles. The Bertz CT molecular complexity index is 566. The van der Waals surface area contributed by atoms with E-state index in [9.17, 15) is 9.59 Å². The van der Waals surface area contributed by atoms with E-state index in [1.165, 1.54) is 25.7 Å². The molecule has 4 rings (SSSR count). The summed E-state index contributed by atoms with van der Waals surface area (Å²) in [7, 11) is 0. The standard InChI is InChI=1S/C22H34O2/c1-13-11-16-18-6-5-17(14(2)23)21(18,3)10-8-19(16)22(4)9-7-15(24)12-20(13)22/h13,16-20H,5-12H2,1-4H3/t13-,16+,17-,18+,19+,20+,21-,22-/m1/s1. The third kappa shape index (κ3) is 2.13. The van der Waals surface area contributed by atoms with Gasteiger partial charge in [-0.05, 0) is 85.9 Å². The van der Waals surface area contributed by atoms with Crippen molar-refractivity contribution in [1.29, 1.82) is 0 Å². The molecule has 0 amide bonds. The molecule has 0 bridgehead atoms. The van der Waals surface area contributed by atoms with E-state index in [-0.39, 0.29) is 5.41 Å². The Hall–Kier alpha value is -0.660. The predicted molar refractivity (Wildman–Crippen MR) is 95.5 cm³/mol. The molecular formula is C22H34O2. The third-order valence-corrected chi connectivity index (χ3v) is 9.34. The van der Waals surface area contributed by atoms with Crippen molar-refractivity contribution in [2.24, 2.45) is 46.3 Å². The van der Waals surface area contributed by atoms with Crippen LogP contribution in [0.5, 0.6) is 0 Å². The third-order valence-electron chi connectivity index (χ3n) is 9.34. The van der Waals surface area contributed by atoms with Gasteiger partial charge in [0.1, 0.15) is 11.6 Å². The van der Waals surface area contributed by atoms with Crippen LogP contribution < -0.4 is 0 Å². The van der Waals surface area contributed by atoms with E-state index in [0.29, 0.717) is 34.7 Å². The second-order valence-electron chi connectivity index (χ2n) is 10.2. The molecule has 0 saturated heterocycles. The topological polar surface area (TPSA) is 34.1 Å². The summed E-state index contributed by atoms with van der Waals surface area (Å²) in [6.45, 7) is 9.16. The lowest BCUT2D eigenvalue weighted by Crippen LogP contribution is -2.56. The summed E-state index contributed by atoms with van der Waals surface area (Å²) >= 11 is 0. The zero-order chi connectivity index (χ0) is 17.3. The van der Waals surface area contributed by atoms with Gasteiger partial charge in [-0.3, -0.25) is 9.59 Å². The van der Waals surface area contributed by atoms with Crippen LogP contribution in [0.2, 0.25) is 0 Å². The lowest BCUT2D eigenvalue weighted by atomic mass is 9.43. The normalized spacial score (nSPS) is 53.9. The quantitative estimate of drug-likeness (QED) is 0.674. The number of carbonyl (C=O) groups is 2. The summed E-state index contributed by atoms with van der Waals surface area (Å²) in [5, 5.41) is 0. The van der Waals surface area contributed by atoms with Crippen molar-refractivity contribution in [2.75, 3.05) is 0 Å². The molecule has 8 atom stereocenters. The second-order valence-corrected chi connectivity index (χ2v) is 10.2. The molecule has 4 aliphatic rings. The van der Waals surface area contributed by atoms with Crippen LogP contribution in [0, 0.1) is 46.3 Å². The minimum Gasteiger partial charge on any atom is -0.300 e. The van der Waals surface area contributed by atoms with Crippen molar-refractivity contribution in [2.45, 2.75) is 79.1 Å². The maximum Gasteiger partial charge on any atom is 0.133 e. The van der Waals surface area contributed by atoms with Gasteiger partial charge < -0.3 is 0 Å². The number of hydrogen-bond donors (Lipinski definition) is 0. The van der Waals surface area contributed by atoms with Crippen molar-refractivity contribution in [3.05, 3.63) is 0 Å². The van der Waals surface area contributed by atoms with Gasteiger partial charge in [-0.1, -0.05) is 20.8 Å². The van der Waals surface area contributed by atoms with Gasteiger partial charge in [0.15, 0.2) is 0 Å². The van der Waals surface area contributed by atoms with Crippen LogP contribution >= 0.6 is 0 Å². The van der Waals surface area contributed by atoms with Crippen molar-refractivity contribution in [3.63, 3.8) is 0 Å². The summed E-state index contributed by atoms with van der Waals surface area (Å²) in [6.07, 6.45) is 8.94. The molecule has 0 heterocycles. The van der Waals surface area contributed by atoms with Gasteiger partial charge in [0.2, 0.25) is 0 Å². The lowest BCUT2D eigenvalue weighted by Gasteiger charge is -2.62. The predicted octanol–water partition coefficient (Wildman–Crippen LogP) is 5.05. The molecule has 24 heavy (non-hydrogen) atoms. The smallest absolute Gasteiger partial charge is 0.133 e. The first-order chi connectivity index (χ1) is 11.3. The molecule has 0 spiro atoms. The summed E-state index contributed by atoms with van der Waals surface area (Å²) in [6, 6.07) is 0. The van der Waals surface area contributed by atoms with Crippen molar-refractivity contribution in [3.8, 4) is 0 Å². The molecule has 2 nitrogen and oxygen atoms in total. The van der Waals surface area contributed by atoms with E-state index in [1.807, 2.05) is 6.92 Å². The number of ketones is 2. The average molecular weight is 331 g/mol. The highest BCUT2D eigenvalue weighted by molar-refractivity contribution is 5.80. The summed E-state index contributed by atoms with van der Waals surface area (Å²) in [5.74, 6) is 4.82. The van der Waals surface area contributed by atoms with E-state index in [0.717, 1.165) is 43.4 Å². The maximum atomic E-state index is 12.2. The largest absolute Gasteiger partial charge is 0.300 e. The van der Waals surface area contributed by atoms with Crippen LogP contribution in [0.15, 0.2) is 0 Å². The molecule has 0 aromatic rings. The fourth-order valence-corrected chi connectivity index (χ4v) is 8.18. The first-order valence-electron chi connectivity index (χ1n) is 10.3. The van der Waals surface area contributed by atoms with Crippen molar-refractivity contribution >= 4 is 11.6 Å². The number of rotatable bonds is 1. The monoisotopic (exact) mass is 330 g/mol. The minimum atomic E-state index is 0.250. The van der Waals surface area contributed by atoms with Crippen LogP contribution in [-0.4, -0.2) is 11.6 Å². The van der Waals surface area contributed by atoms with Crippen molar-refractivity contribution < 1.29 is 9.59 Å². The first-order valence-corrected chi connectivity index (χ1v) is 10.3.